The summed E-state index contributed by atoms with van der Waals surface area (Å²) in [5.41, 5.74) is 2.50. The maximum atomic E-state index is 9.15. The molecule has 0 saturated heterocycles. The molecule has 1 rings (SSSR count). The third-order valence-corrected chi connectivity index (χ3v) is 2.07. The van der Waals surface area contributed by atoms with Gasteiger partial charge in [0.1, 0.15) is 0 Å². The van der Waals surface area contributed by atoms with Crippen LogP contribution < -0.4 is 0 Å². The molecule has 0 radical (unpaired) electrons. The SMILES string of the molecule is COC(O)CCc1ccc(C)cc1. The van der Waals surface area contributed by atoms with Gasteiger partial charge in [-0.05, 0) is 18.9 Å². The maximum absolute atomic E-state index is 9.15. The van der Waals surface area contributed by atoms with Crippen LogP contribution in [0.1, 0.15) is 17.5 Å². The van der Waals surface area contributed by atoms with E-state index >= 15 is 0 Å². The molecule has 1 atom stereocenters. The van der Waals surface area contributed by atoms with Crippen molar-refractivity contribution in [3.05, 3.63) is 35.4 Å². The maximum Gasteiger partial charge on any atom is 0.154 e. The minimum Gasteiger partial charge on any atom is -0.368 e. The first-order valence-electron chi connectivity index (χ1n) is 4.49. The van der Waals surface area contributed by atoms with Crippen LogP contribution >= 0.6 is 0 Å². The van der Waals surface area contributed by atoms with Crippen LogP contribution in [0, 0.1) is 6.92 Å². The van der Waals surface area contributed by atoms with Gasteiger partial charge >= 0.3 is 0 Å². The van der Waals surface area contributed by atoms with E-state index in [2.05, 4.69) is 31.2 Å². The number of ether oxygens (including phenoxy) is 1. The van der Waals surface area contributed by atoms with Crippen LogP contribution in [-0.4, -0.2) is 18.5 Å². The largest absolute Gasteiger partial charge is 0.368 e. The topological polar surface area (TPSA) is 29.5 Å². The molecule has 0 bridgehead atoms. The van der Waals surface area contributed by atoms with Crippen molar-refractivity contribution in [1.29, 1.82) is 0 Å². The molecule has 0 aliphatic rings. The van der Waals surface area contributed by atoms with Gasteiger partial charge in [0.2, 0.25) is 0 Å². The number of aliphatic hydroxyl groups excluding tert-OH is 1. The predicted molar refractivity (Wildman–Crippen MR) is 52.5 cm³/mol. The summed E-state index contributed by atoms with van der Waals surface area (Å²) in [6, 6.07) is 8.32. The van der Waals surface area contributed by atoms with Crippen molar-refractivity contribution in [3.63, 3.8) is 0 Å². The zero-order valence-electron chi connectivity index (χ0n) is 8.16. The van der Waals surface area contributed by atoms with Gasteiger partial charge in [-0.15, -0.1) is 0 Å². The Labute approximate surface area is 79.2 Å². The lowest BCUT2D eigenvalue weighted by atomic mass is 10.1. The van der Waals surface area contributed by atoms with Crippen molar-refractivity contribution in [2.24, 2.45) is 0 Å². The molecule has 2 heteroatoms. The molecule has 2 nitrogen and oxygen atoms in total. The lowest BCUT2D eigenvalue weighted by Gasteiger charge is -2.07. The molecule has 1 aromatic carbocycles. The number of hydrogen-bond acceptors (Lipinski definition) is 2. The van der Waals surface area contributed by atoms with Gasteiger partial charge in [0.25, 0.3) is 0 Å². The molecule has 0 saturated carbocycles. The van der Waals surface area contributed by atoms with Crippen molar-refractivity contribution in [2.45, 2.75) is 26.1 Å². The summed E-state index contributed by atoms with van der Waals surface area (Å²) < 4.78 is 4.75. The Bertz CT molecular complexity index is 241. The summed E-state index contributed by atoms with van der Waals surface area (Å²) in [7, 11) is 1.51. The highest BCUT2D eigenvalue weighted by Gasteiger charge is 2.01. The lowest BCUT2D eigenvalue weighted by molar-refractivity contribution is -0.0777. The average molecular weight is 180 g/mol. The van der Waals surface area contributed by atoms with E-state index < -0.39 is 6.29 Å². The Morgan fingerprint density at radius 2 is 1.92 bits per heavy atom. The Morgan fingerprint density at radius 1 is 1.31 bits per heavy atom. The Hall–Kier alpha value is -0.860. The monoisotopic (exact) mass is 180 g/mol. The Kier molecular flexibility index (Phi) is 3.93. The van der Waals surface area contributed by atoms with Crippen LogP contribution in [0.4, 0.5) is 0 Å². The molecule has 0 fully saturated rings. The summed E-state index contributed by atoms with van der Waals surface area (Å²) in [6.07, 6.45) is 0.871. The Balaban J connectivity index is 2.41. The molecule has 72 valence electrons. The van der Waals surface area contributed by atoms with Crippen LogP contribution in [0.15, 0.2) is 24.3 Å². The average Bonchev–Trinajstić information content (AvgIpc) is 2.16. The van der Waals surface area contributed by atoms with E-state index in [0.717, 1.165) is 6.42 Å². The smallest absolute Gasteiger partial charge is 0.154 e. The van der Waals surface area contributed by atoms with Crippen molar-refractivity contribution in [1.82, 2.24) is 0 Å². The van der Waals surface area contributed by atoms with E-state index in [1.807, 2.05) is 0 Å². The van der Waals surface area contributed by atoms with E-state index in [0.29, 0.717) is 6.42 Å². The van der Waals surface area contributed by atoms with Crippen molar-refractivity contribution < 1.29 is 9.84 Å². The van der Waals surface area contributed by atoms with E-state index in [4.69, 9.17) is 9.84 Å². The first-order valence-corrected chi connectivity index (χ1v) is 4.49. The second kappa shape index (κ2) is 5.00. The number of methoxy groups -OCH3 is 1. The van der Waals surface area contributed by atoms with E-state index in [1.54, 1.807) is 0 Å². The van der Waals surface area contributed by atoms with Crippen LogP contribution in [-0.2, 0) is 11.2 Å². The number of benzene rings is 1. The quantitative estimate of drug-likeness (QED) is 0.717. The summed E-state index contributed by atoms with van der Waals surface area (Å²) in [6.45, 7) is 2.06. The number of rotatable bonds is 4. The molecule has 0 heterocycles. The molecule has 0 aliphatic heterocycles. The van der Waals surface area contributed by atoms with Gasteiger partial charge in [0, 0.05) is 13.5 Å². The predicted octanol–water partition coefficient (Wildman–Crippen LogP) is 1.89. The van der Waals surface area contributed by atoms with E-state index in [9.17, 15) is 0 Å². The third-order valence-electron chi connectivity index (χ3n) is 2.07. The molecule has 0 amide bonds. The molecular weight excluding hydrogens is 164 g/mol. The highest BCUT2D eigenvalue weighted by atomic mass is 16.6. The zero-order valence-corrected chi connectivity index (χ0v) is 8.16. The fourth-order valence-corrected chi connectivity index (χ4v) is 1.16. The Morgan fingerprint density at radius 3 is 2.46 bits per heavy atom. The second-order valence-corrected chi connectivity index (χ2v) is 3.21. The summed E-state index contributed by atoms with van der Waals surface area (Å²) in [5.74, 6) is 0. The molecule has 1 unspecified atom stereocenters. The lowest BCUT2D eigenvalue weighted by Crippen LogP contribution is -2.09. The van der Waals surface area contributed by atoms with Crippen LogP contribution in [0.5, 0.6) is 0 Å². The molecule has 1 N–H and O–H groups in total. The van der Waals surface area contributed by atoms with Crippen molar-refractivity contribution in [2.75, 3.05) is 7.11 Å². The van der Waals surface area contributed by atoms with Crippen LogP contribution in [0.25, 0.3) is 0 Å². The third kappa shape index (κ3) is 3.57. The van der Waals surface area contributed by atoms with Crippen LogP contribution in [0.3, 0.4) is 0 Å². The summed E-state index contributed by atoms with van der Waals surface area (Å²) >= 11 is 0. The molecule has 1 aromatic rings. The molecular formula is C11H16O2. The second-order valence-electron chi connectivity index (χ2n) is 3.21. The van der Waals surface area contributed by atoms with Crippen molar-refractivity contribution >= 4 is 0 Å². The van der Waals surface area contributed by atoms with Gasteiger partial charge in [-0.3, -0.25) is 0 Å². The fourth-order valence-electron chi connectivity index (χ4n) is 1.16. The standard InChI is InChI=1S/C11H16O2/c1-9-3-5-10(6-4-9)7-8-11(12)13-2/h3-6,11-12H,7-8H2,1-2H3. The van der Waals surface area contributed by atoms with E-state index in [-0.39, 0.29) is 0 Å². The zero-order chi connectivity index (χ0) is 9.68. The van der Waals surface area contributed by atoms with Crippen molar-refractivity contribution in [3.8, 4) is 0 Å². The number of aryl methyl sites for hydroxylation is 2. The molecule has 0 aliphatic carbocycles. The van der Waals surface area contributed by atoms with Gasteiger partial charge < -0.3 is 9.84 Å². The minimum atomic E-state index is -0.638. The van der Waals surface area contributed by atoms with Crippen LogP contribution in [0.2, 0.25) is 0 Å². The van der Waals surface area contributed by atoms with Gasteiger partial charge in [-0.25, -0.2) is 0 Å². The molecule has 13 heavy (non-hydrogen) atoms. The summed E-state index contributed by atoms with van der Waals surface area (Å²) in [4.78, 5) is 0. The molecule has 0 spiro atoms. The van der Waals surface area contributed by atoms with Gasteiger partial charge in [0.15, 0.2) is 6.29 Å². The first-order chi connectivity index (χ1) is 6.22. The van der Waals surface area contributed by atoms with E-state index in [1.165, 1.54) is 18.2 Å². The van der Waals surface area contributed by atoms with Gasteiger partial charge in [0.05, 0.1) is 0 Å². The first kappa shape index (κ1) is 10.2. The fraction of sp³-hybridized carbons (Fsp3) is 0.455. The highest BCUT2D eigenvalue weighted by molar-refractivity contribution is 5.21. The minimum absolute atomic E-state index is 0.638. The molecule has 0 aromatic heterocycles. The highest BCUT2D eigenvalue weighted by Crippen LogP contribution is 2.07. The normalized spacial score (nSPS) is 12.8. The van der Waals surface area contributed by atoms with Gasteiger partial charge in [-0.2, -0.15) is 0 Å². The van der Waals surface area contributed by atoms with Gasteiger partial charge in [-0.1, -0.05) is 29.8 Å². The summed E-state index contributed by atoms with van der Waals surface area (Å²) in [5, 5.41) is 9.15. The number of hydrogen-bond donors (Lipinski definition) is 1. The number of aliphatic hydroxyl groups is 1.